The van der Waals surface area contributed by atoms with E-state index in [1.807, 2.05) is 26.0 Å². The summed E-state index contributed by atoms with van der Waals surface area (Å²) in [6.07, 6.45) is 0.510. The van der Waals surface area contributed by atoms with Crippen molar-refractivity contribution < 1.29 is 14.7 Å². The van der Waals surface area contributed by atoms with Crippen molar-refractivity contribution in [2.75, 3.05) is 11.9 Å². The average Bonchev–Trinajstić information content (AvgIpc) is 2.36. The number of anilines is 1. The van der Waals surface area contributed by atoms with E-state index in [1.54, 1.807) is 17.0 Å². The largest absolute Gasteiger partial charge is 0.481 e. The molecular weight excluding hydrogens is 324 g/mol. The Morgan fingerprint density at radius 1 is 1.30 bits per heavy atom. The number of hydrogen-bond acceptors (Lipinski definition) is 2. The number of amides is 2. The summed E-state index contributed by atoms with van der Waals surface area (Å²) < 4.78 is 0.942. The Hall–Kier alpha value is -1.56. The Balaban J connectivity index is 2.59. The molecule has 2 amide bonds. The first kappa shape index (κ1) is 16.5. The topological polar surface area (TPSA) is 69.6 Å². The minimum absolute atomic E-state index is 0.0132. The van der Waals surface area contributed by atoms with Crippen LogP contribution in [0.3, 0.4) is 0 Å². The molecule has 1 aromatic carbocycles. The lowest BCUT2D eigenvalue weighted by atomic mass is 10.2. The van der Waals surface area contributed by atoms with Gasteiger partial charge in [-0.3, -0.25) is 4.79 Å². The van der Waals surface area contributed by atoms with Crippen molar-refractivity contribution in [3.05, 3.63) is 28.7 Å². The molecular formula is C14H19BrN2O3. The molecule has 0 aliphatic heterocycles. The van der Waals surface area contributed by atoms with E-state index in [-0.39, 0.29) is 18.5 Å². The molecule has 6 heteroatoms. The van der Waals surface area contributed by atoms with E-state index in [0.717, 1.165) is 4.47 Å². The van der Waals surface area contributed by atoms with Gasteiger partial charge in [0.25, 0.3) is 0 Å². The molecule has 5 nitrogen and oxygen atoms in total. The molecule has 0 aliphatic rings. The molecule has 0 radical (unpaired) electrons. The molecule has 0 spiro atoms. The highest BCUT2D eigenvalue weighted by molar-refractivity contribution is 9.10. The summed E-state index contributed by atoms with van der Waals surface area (Å²) in [5, 5.41) is 11.4. The number of carboxylic acids is 1. The van der Waals surface area contributed by atoms with Crippen molar-refractivity contribution in [1.82, 2.24) is 4.90 Å². The van der Waals surface area contributed by atoms with Crippen LogP contribution < -0.4 is 5.32 Å². The zero-order chi connectivity index (χ0) is 15.1. The van der Waals surface area contributed by atoms with E-state index in [2.05, 4.69) is 21.2 Å². The number of carbonyl (C=O) groups is 2. The minimum atomic E-state index is -0.845. The Labute approximate surface area is 127 Å². The van der Waals surface area contributed by atoms with E-state index < -0.39 is 5.97 Å². The highest BCUT2D eigenvalue weighted by atomic mass is 79.9. The van der Waals surface area contributed by atoms with Gasteiger partial charge in [0.05, 0.1) is 0 Å². The molecule has 0 saturated carbocycles. The Kier molecular flexibility index (Phi) is 6.51. The molecule has 0 unspecified atom stereocenters. The maximum atomic E-state index is 12.2. The third-order valence-electron chi connectivity index (χ3n) is 2.77. The van der Waals surface area contributed by atoms with Crippen LogP contribution in [-0.4, -0.2) is 34.6 Å². The summed E-state index contributed by atoms with van der Waals surface area (Å²) in [6, 6.07) is 7.10. The summed E-state index contributed by atoms with van der Waals surface area (Å²) in [4.78, 5) is 24.3. The second-order valence-electron chi connectivity index (χ2n) is 4.72. The number of halogens is 1. The molecule has 110 valence electrons. The van der Waals surface area contributed by atoms with Crippen LogP contribution in [0.15, 0.2) is 28.7 Å². The van der Waals surface area contributed by atoms with Gasteiger partial charge < -0.3 is 15.3 Å². The second kappa shape index (κ2) is 7.89. The molecule has 2 N–H and O–H groups in total. The number of aliphatic carboxylic acids is 1. The van der Waals surface area contributed by atoms with Crippen molar-refractivity contribution in [3.63, 3.8) is 0 Å². The first-order valence-electron chi connectivity index (χ1n) is 6.45. The summed E-state index contributed by atoms with van der Waals surface area (Å²) in [6.45, 7) is 4.23. The number of benzene rings is 1. The lowest BCUT2D eigenvalue weighted by molar-refractivity contribution is -0.137. The van der Waals surface area contributed by atoms with Crippen molar-refractivity contribution in [1.29, 1.82) is 0 Å². The summed E-state index contributed by atoms with van der Waals surface area (Å²) in [5.41, 5.74) is 0.710. The number of carbonyl (C=O) groups excluding carboxylic acids is 1. The van der Waals surface area contributed by atoms with Gasteiger partial charge in [0, 0.05) is 29.2 Å². The Morgan fingerprint density at radius 2 is 1.90 bits per heavy atom. The van der Waals surface area contributed by atoms with Gasteiger partial charge in [-0.2, -0.15) is 0 Å². The quantitative estimate of drug-likeness (QED) is 0.830. The fourth-order valence-corrected chi connectivity index (χ4v) is 1.99. The van der Waals surface area contributed by atoms with Crippen LogP contribution in [0.1, 0.15) is 26.7 Å². The zero-order valence-electron chi connectivity index (χ0n) is 11.6. The van der Waals surface area contributed by atoms with Crippen molar-refractivity contribution in [2.24, 2.45) is 0 Å². The number of nitrogens with one attached hydrogen (secondary N) is 1. The van der Waals surface area contributed by atoms with Gasteiger partial charge in [0.2, 0.25) is 0 Å². The number of nitrogens with zero attached hydrogens (tertiary/aromatic N) is 1. The molecule has 0 aliphatic carbocycles. The number of hydrogen-bond donors (Lipinski definition) is 2. The predicted molar refractivity (Wildman–Crippen MR) is 81.9 cm³/mol. The number of urea groups is 1. The third kappa shape index (κ3) is 5.61. The van der Waals surface area contributed by atoms with Gasteiger partial charge in [-0.1, -0.05) is 15.9 Å². The fraction of sp³-hybridized carbons (Fsp3) is 0.429. The van der Waals surface area contributed by atoms with Crippen LogP contribution in [0, 0.1) is 0 Å². The van der Waals surface area contributed by atoms with Crippen molar-refractivity contribution in [2.45, 2.75) is 32.7 Å². The highest BCUT2D eigenvalue weighted by Crippen LogP contribution is 2.15. The molecule has 0 heterocycles. The number of rotatable bonds is 6. The van der Waals surface area contributed by atoms with Gasteiger partial charge >= 0.3 is 12.0 Å². The molecule has 0 saturated heterocycles. The second-order valence-corrected chi connectivity index (χ2v) is 5.64. The van der Waals surface area contributed by atoms with Crippen LogP contribution in [0.5, 0.6) is 0 Å². The number of carboxylic acid groups (broad SMARTS) is 1. The molecule has 0 fully saturated rings. The molecule has 0 bridgehead atoms. The van der Waals surface area contributed by atoms with Gasteiger partial charge in [-0.25, -0.2) is 4.79 Å². The standard InChI is InChI=1S/C14H19BrN2O3/c1-10(2)17(9-3-4-13(18)19)14(20)16-12-7-5-11(15)6-8-12/h5-8,10H,3-4,9H2,1-2H3,(H,16,20)(H,18,19). The summed E-state index contributed by atoms with van der Waals surface area (Å²) >= 11 is 3.33. The highest BCUT2D eigenvalue weighted by Gasteiger charge is 2.17. The van der Waals surface area contributed by atoms with Crippen LogP contribution in [0.2, 0.25) is 0 Å². The van der Waals surface area contributed by atoms with E-state index >= 15 is 0 Å². The first-order chi connectivity index (χ1) is 9.40. The molecule has 20 heavy (non-hydrogen) atoms. The van der Waals surface area contributed by atoms with Crippen LogP contribution in [0.4, 0.5) is 10.5 Å². The summed E-state index contributed by atoms with van der Waals surface area (Å²) in [7, 11) is 0. The molecule has 1 aromatic rings. The zero-order valence-corrected chi connectivity index (χ0v) is 13.2. The van der Waals surface area contributed by atoms with Gasteiger partial charge in [0.15, 0.2) is 0 Å². The predicted octanol–water partition coefficient (Wildman–Crippen LogP) is 3.56. The van der Waals surface area contributed by atoms with Gasteiger partial charge in [0.1, 0.15) is 0 Å². The van der Waals surface area contributed by atoms with Crippen molar-refractivity contribution in [3.8, 4) is 0 Å². The van der Waals surface area contributed by atoms with Crippen LogP contribution >= 0.6 is 15.9 Å². The smallest absolute Gasteiger partial charge is 0.322 e. The maximum Gasteiger partial charge on any atom is 0.322 e. The van der Waals surface area contributed by atoms with Gasteiger partial charge in [-0.15, -0.1) is 0 Å². The van der Waals surface area contributed by atoms with Crippen molar-refractivity contribution >= 4 is 33.6 Å². The first-order valence-corrected chi connectivity index (χ1v) is 7.24. The SMILES string of the molecule is CC(C)N(CCCC(=O)O)C(=O)Nc1ccc(Br)cc1. The van der Waals surface area contributed by atoms with E-state index in [0.29, 0.717) is 18.7 Å². The van der Waals surface area contributed by atoms with E-state index in [4.69, 9.17) is 5.11 Å². The average molecular weight is 343 g/mol. The molecule has 0 atom stereocenters. The molecule has 0 aromatic heterocycles. The monoisotopic (exact) mass is 342 g/mol. The lowest BCUT2D eigenvalue weighted by Gasteiger charge is -2.26. The fourth-order valence-electron chi connectivity index (χ4n) is 1.72. The minimum Gasteiger partial charge on any atom is -0.481 e. The lowest BCUT2D eigenvalue weighted by Crippen LogP contribution is -2.40. The van der Waals surface area contributed by atoms with Crippen LogP contribution in [0.25, 0.3) is 0 Å². The molecule has 1 rings (SSSR count). The third-order valence-corrected chi connectivity index (χ3v) is 3.30. The maximum absolute atomic E-state index is 12.2. The Morgan fingerprint density at radius 3 is 2.40 bits per heavy atom. The van der Waals surface area contributed by atoms with Crippen LogP contribution in [-0.2, 0) is 4.79 Å². The van der Waals surface area contributed by atoms with E-state index in [1.165, 1.54) is 0 Å². The Bertz CT molecular complexity index is 460. The van der Waals surface area contributed by atoms with E-state index in [9.17, 15) is 9.59 Å². The van der Waals surface area contributed by atoms with Gasteiger partial charge in [-0.05, 0) is 44.5 Å². The summed E-state index contributed by atoms with van der Waals surface area (Å²) in [5.74, 6) is -0.845. The normalized spacial score (nSPS) is 10.4.